The molecule has 1 amide bonds. The Morgan fingerprint density at radius 1 is 0.821 bits per heavy atom. The van der Waals surface area contributed by atoms with Gasteiger partial charge in [0.15, 0.2) is 0 Å². The molecule has 2 aliphatic heterocycles. The lowest BCUT2D eigenvalue weighted by molar-refractivity contribution is -0.132. The second kappa shape index (κ2) is 12.9. The summed E-state index contributed by atoms with van der Waals surface area (Å²) in [6.07, 6.45) is 4.35. The van der Waals surface area contributed by atoms with E-state index in [9.17, 15) is 18.0 Å². The molecule has 2 fully saturated rings. The Kier molecular flexibility index (Phi) is 9.75. The van der Waals surface area contributed by atoms with E-state index >= 15 is 0 Å². The van der Waals surface area contributed by atoms with E-state index in [0.29, 0.717) is 25.6 Å². The van der Waals surface area contributed by atoms with Crippen molar-refractivity contribution in [2.24, 2.45) is 0 Å². The lowest BCUT2D eigenvalue weighted by Gasteiger charge is -2.35. The molecule has 4 rings (SSSR count). The molecule has 0 unspecified atom stereocenters. The summed E-state index contributed by atoms with van der Waals surface area (Å²) in [4.78, 5) is 17.4. The molecule has 2 aliphatic rings. The predicted molar refractivity (Wildman–Crippen MR) is 154 cm³/mol. The van der Waals surface area contributed by atoms with Crippen LogP contribution in [0, 0.1) is 0 Å². The molecule has 2 heterocycles. The highest BCUT2D eigenvalue weighted by atomic mass is 32.2. The van der Waals surface area contributed by atoms with Crippen molar-refractivity contribution < 1.29 is 18.0 Å². The number of rotatable bonds is 8. The second-order valence-corrected chi connectivity index (χ2v) is 12.8. The van der Waals surface area contributed by atoms with Crippen molar-refractivity contribution in [2.45, 2.75) is 80.8 Å². The molecule has 0 radical (unpaired) electrons. The van der Waals surface area contributed by atoms with Gasteiger partial charge in [-0.05, 0) is 84.8 Å². The Hall–Kier alpha value is -2.39. The highest BCUT2D eigenvalue weighted by Gasteiger charge is 2.29. The number of nitrogens with zero attached hydrogens (tertiary/aromatic N) is 2. The van der Waals surface area contributed by atoms with Crippen molar-refractivity contribution in [2.75, 3.05) is 43.4 Å². The van der Waals surface area contributed by atoms with E-state index in [-0.39, 0.29) is 34.0 Å². The number of anilines is 2. The number of likely N-dealkylation sites (tertiary alicyclic amines) is 2. The van der Waals surface area contributed by atoms with E-state index in [1.54, 1.807) is 12.1 Å². The predicted octanol–water partition coefficient (Wildman–Crippen LogP) is 6.97. The summed E-state index contributed by atoms with van der Waals surface area (Å²) in [5, 5.41) is 7.08. The number of nitrogens with one attached hydrogen (secondary N) is 2. The molecule has 214 valence electrons. The van der Waals surface area contributed by atoms with Crippen LogP contribution in [0.5, 0.6) is 0 Å². The largest absolute Gasteiger partial charge is 0.446 e. The molecule has 0 saturated carbocycles. The summed E-state index contributed by atoms with van der Waals surface area (Å²) in [5.74, 6) is 0.209. The number of thioether (sulfide) groups is 1. The molecule has 0 aromatic heterocycles. The van der Waals surface area contributed by atoms with E-state index in [1.165, 1.54) is 23.4 Å². The number of benzene rings is 2. The van der Waals surface area contributed by atoms with Crippen LogP contribution >= 0.6 is 11.8 Å². The number of hydrogen-bond acceptors (Lipinski definition) is 5. The van der Waals surface area contributed by atoms with E-state index in [1.807, 2.05) is 4.90 Å². The summed E-state index contributed by atoms with van der Waals surface area (Å²) < 4.78 is 37.5. The van der Waals surface area contributed by atoms with Gasteiger partial charge in [-0.1, -0.05) is 32.9 Å². The van der Waals surface area contributed by atoms with Crippen LogP contribution in [0.4, 0.5) is 24.5 Å². The number of piperidine rings is 2. The minimum atomic E-state index is -4.28. The van der Waals surface area contributed by atoms with Gasteiger partial charge in [-0.15, -0.1) is 0 Å². The zero-order chi connectivity index (χ0) is 28.0. The first-order valence-corrected chi connectivity index (χ1v) is 14.8. The number of carbonyl (C=O) groups is 1. The lowest BCUT2D eigenvalue weighted by atomic mass is 9.87. The Bertz CT molecular complexity index is 1050. The quantitative estimate of drug-likeness (QED) is 0.341. The van der Waals surface area contributed by atoms with Crippen molar-refractivity contribution in [1.82, 2.24) is 9.80 Å². The number of carbonyl (C=O) groups excluding carboxylic acids is 1. The number of amides is 1. The maximum absolute atomic E-state index is 12.8. The zero-order valence-electron chi connectivity index (χ0n) is 23.2. The Morgan fingerprint density at radius 3 is 1.79 bits per heavy atom. The molecule has 5 nitrogen and oxygen atoms in total. The van der Waals surface area contributed by atoms with Crippen LogP contribution in [0.2, 0.25) is 0 Å². The fourth-order valence-electron chi connectivity index (χ4n) is 5.28. The molecule has 2 saturated heterocycles. The van der Waals surface area contributed by atoms with Crippen LogP contribution < -0.4 is 10.6 Å². The van der Waals surface area contributed by atoms with Crippen molar-refractivity contribution >= 4 is 29.0 Å². The molecule has 0 bridgehead atoms. The van der Waals surface area contributed by atoms with Gasteiger partial charge >= 0.3 is 5.51 Å². The topological polar surface area (TPSA) is 47.6 Å². The highest BCUT2D eigenvalue weighted by molar-refractivity contribution is 8.00. The average molecular weight is 563 g/mol. The van der Waals surface area contributed by atoms with Gasteiger partial charge in [0.25, 0.3) is 0 Å². The van der Waals surface area contributed by atoms with Crippen LogP contribution in [-0.4, -0.2) is 66.0 Å². The van der Waals surface area contributed by atoms with Gasteiger partial charge in [0.2, 0.25) is 5.91 Å². The summed E-state index contributed by atoms with van der Waals surface area (Å²) in [5.41, 5.74) is -0.796. The van der Waals surface area contributed by atoms with Crippen molar-refractivity contribution in [1.29, 1.82) is 0 Å². The van der Waals surface area contributed by atoms with Crippen LogP contribution in [0.1, 0.15) is 58.4 Å². The molecule has 39 heavy (non-hydrogen) atoms. The normalized spacial score (nSPS) is 18.3. The highest BCUT2D eigenvalue weighted by Crippen LogP contribution is 2.37. The van der Waals surface area contributed by atoms with Gasteiger partial charge in [-0.2, -0.15) is 13.2 Å². The molecule has 9 heteroatoms. The first kappa shape index (κ1) is 29.6. The SMILES string of the molecule is CC(C)(C)c1ccc(NC2CCN(CCC(=O)N3CCC(Nc4ccc(SC(F)(F)F)cc4)CC3)CC2)cc1. The standard InChI is InChI=1S/C30H41F3N4OS/c1-29(2,3)22-4-6-23(7-5-22)34-25-12-17-36(18-13-25)19-16-28(38)37-20-14-26(15-21-37)35-24-8-10-27(11-9-24)39-30(31,32)33/h4-11,25-26,34-35H,12-21H2,1-3H3. The van der Waals surface area contributed by atoms with Crippen LogP contribution in [0.25, 0.3) is 0 Å². The Morgan fingerprint density at radius 2 is 1.31 bits per heavy atom. The van der Waals surface area contributed by atoms with Crippen LogP contribution in [0.15, 0.2) is 53.4 Å². The van der Waals surface area contributed by atoms with Gasteiger partial charge in [0, 0.05) is 67.5 Å². The fraction of sp³-hybridized carbons (Fsp3) is 0.567. The monoisotopic (exact) mass is 562 g/mol. The molecule has 2 aromatic carbocycles. The van der Waals surface area contributed by atoms with E-state index in [0.717, 1.165) is 51.0 Å². The van der Waals surface area contributed by atoms with E-state index in [4.69, 9.17) is 0 Å². The van der Waals surface area contributed by atoms with Crippen molar-refractivity contribution in [3.05, 3.63) is 54.1 Å². The average Bonchev–Trinajstić information content (AvgIpc) is 2.89. The summed E-state index contributed by atoms with van der Waals surface area (Å²) >= 11 is -0.104. The fourth-order valence-corrected chi connectivity index (χ4v) is 5.82. The lowest BCUT2D eigenvalue weighted by Crippen LogP contribution is -2.44. The maximum Gasteiger partial charge on any atom is 0.446 e. The Labute approximate surface area is 234 Å². The minimum Gasteiger partial charge on any atom is -0.382 e. The molecular weight excluding hydrogens is 521 g/mol. The number of alkyl halides is 3. The molecule has 0 atom stereocenters. The summed E-state index contributed by atoms with van der Waals surface area (Å²) in [6, 6.07) is 15.8. The third kappa shape index (κ3) is 9.34. The third-order valence-electron chi connectivity index (χ3n) is 7.66. The van der Waals surface area contributed by atoms with Gasteiger partial charge in [0.1, 0.15) is 0 Å². The van der Waals surface area contributed by atoms with Gasteiger partial charge in [0.05, 0.1) is 0 Å². The van der Waals surface area contributed by atoms with Crippen LogP contribution in [-0.2, 0) is 10.2 Å². The van der Waals surface area contributed by atoms with Gasteiger partial charge in [-0.25, -0.2) is 0 Å². The molecule has 0 spiro atoms. The zero-order valence-corrected chi connectivity index (χ0v) is 24.0. The summed E-state index contributed by atoms with van der Waals surface area (Å²) in [6.45, 7) is 10.9. The molecular formula is C30H41F3N4OS. The molecule has 0 aliphatic carbocycles. The van der Waals surface area contributed by atoms with Crippen molar-refractivity contribution in [3.63, 3.8) is 0 Å². The number of hydrogen-bond donors (Lipinski definition) is 2. The van der Waals surface area contributed by atoms with E-state index < -0.39 is 5.51 Å². The first-order valence-electron chi connectivity index (χ1n) is 13.9. The molecule has 2 aromatic rings. The maximum atomic E-state index is 12.8. The smallest absolute Gasteiger partial charge is 0.382 e. The van der Waals surface area contributed by atoms with E-state index in [2.05, 4.69) is 60.6 Å². The Balaban J connectivity index is 1.12. The number of halogens is 3. The second-order valence-electron chi connectivity index (χ2n) is 11.7. The van der Waals surface area contributed by atoms with Crippen LogP contribution in [0.3, 0.4) is 0 Å². The first-order chi connectivity index (χ1) is 18.4. The summed E-state index contributed by atoms with van der Waals surface area (Å²) in [7, 11) is 0. The third-order valence-corrected chi connectivity index (χ3v) is 8.40. The molecule has 2 N–H and O–H groups in total. The minimum absolute atomic E-state index is 0.104. The van der Waals surface area contributed by atoms with Gasteiger partial charge < -0.3 is 20.4 Å². The van der Waals surface area contributed by atoms with Crippen molar-refractivity contribution in [3.8, 4) is 0 Å². The van der Waals surface area contributed by atoms with Gasteiger partial charge in [-0.3, -0.25) is 4.79 Å².